The molecule has 0 bridgehead atoms. The Hall–Kier alpha value is -1.36. The molecule has 1 heterocycles. The average molecular weight is 283 g/mol. The summed E-state index contributed by atoms with van der Waals surface area (Å²) in [7, 11) is 0. The standard InChI is InChI=1S/C14H16ClFN2O/c15-11-3-6-14(16)10(8-11)9-12(18-17)4-5-13-2-1-7-19-13/h1-3,6-8,12,18H,4-5,9,17H2. The Morgan fingerprint density at radius 2 is 2.21 bits per heavy atom. The molecule has 0 radical (unpaired) electrons. The van der Waals surface area contributed by atoms with Crippen LogP contribution in [0.15, 0.2) is 41.0 Å². The lowest BCUT2D eigenvalue weighted by molar-refractivity contribution is 0.443. The van der Waals surface area contributed by atoms with Crippen molar-refractivity contribution in [2.24, 2.45) is 5.84 Å². The van der Waals surface area contributed by atoms with Gasteiger partial charge >= 0.3 is 0 Å². The Labute approximate surface area is 116 Å². The van der Waals surface area contributed by atoms with E-state index in [1.54, 1.807) is 12.3 Å². The normalized spacial score (nSPS) is 12.6. The minimum absolute atomic E-state index is 0.0296. The number of rotatable bonds is 6. The second-order valence-electron chi connectivity index (χ2n) is 4.42. The molecule has 1 unspecified atom stereocenters. The zero-order valence-electron chi connectivity index (χ0n) is 10.4. The minimum atomic E-state index is -0.261. The number of halogens is 2. The van der Waals surface area contributed by atoms with Gasteiger partial charge in [-0.05, 0) is 48.7 Å². The minimum Gasteiger partial charge on any atom is -0.469 e. The van der Waals surface area contributed by atoms with E-state index in [-0.39, 0.29) is 11.9 Å². The van der Waals surface area contributed by atoms with Gasteiger partial charge in [-0.1, -0.05) is 11.6 Å². The molecule has 1 atom stereocenters. The number of hydrogen-bond acceptors (Lipinski definition) is 3. The van der Waals surface area contributed by atoms with Gasteiger partial charge in [-0.3, -0.25) is 11.3 Å². The molecule has 1 aromatic heterocycles. The van der Waals surface area contributed by atoms with Crippen LogP contribution in [0, 0.1) is 5.82 Å². The molecular weight excluding hydrogens is 267 g/mol. The number of hydrazine groups is 1. The highest BCUT2D eigenvalue weighted by Crippen LogP contribution is 2.17. The van der Waals surface area contributed by atoms with Gasteiger partial charge in [0.15, 0.2) is 0 Å². The fourth-order valence-electron chi connectivity index (χ4n) is 1.98. The zero-order chi connectivity index (χ0) is 13.7. The third kappa shape index (κ3) is 4.06. The van der Waals surface area contributed by atoms with E-state index in [1.165, 1.54) is 12.1 Å². The second-order valence-corrected chi connectivity index (χ2v) is 4.86. The number of aryl methyl sites for hydroxylation is 1. The largest absolute Gasteiger partial charge is 0.469 e. The first kappa shape index (κ1) is 14.1. The quantitative estimate of drug-likeness (QED) is 0.632. The fraction of sp³-hybridized carbons (Fsp3) is 0.286. The van der Waals surface area contributed by atoms with Crippen molar-refractivity contribution in [1.29, 1.82) is 0 Å². The van der Waals surface area contributed by atoms with E-state index in [4.69, 9.17) is 21.9 Å². The van der Waals surface area contributed by atoms with Crippen molar-refractivity contribution >= 4 is 11.6 Å². The first-order chi connectivity index (χ1) is 9.19. The van der Waals surface area contributed by atoms with Crippen molar-refractivity contribution < 1.29 is 8.81 Å². The molecule has 0 saturated carbocycles. The molecule has 3 N–H and O–H groups in total. The molecule has 0 spiro atoms. The summed E-state index contributed by atoms with van der Waals surface area (Å²) < 4.78 is 18.9. The molecular formula is C14H16ClFN2O. The highest BCUT2D eigenvalue weighted by Gasteiger charge is 2.12. The Kier molecular flexibility index (Phi) is 4.96. The predicted octanol–water partition coefficient (Wildman–Crippen LogP) is 3.08. The van der Waals surface area contributed by atoms with Crippen LogP contribution in [0.2, 0.25) is 5.02 Å². The maximum atomic E-state index is 13.6. The van der Waals surface area contributed by atoms with Crippen molar-refractivity contribution in [2.45, 2.75) is 25.3 Å². The lowest BCUT2D eigenvalue weighted by Gasteiger charge is -2.15. The van der Waals surface area contributed by atoms with Crippen molar-refractivity contribution in [3.05, 3.63) is 58.8 Å². The van der Waals surface area contributed by atoms with Gasteiger partial charge in [0.2, 0.25) is 0 Å². The highest BCUT2D eigenvalue weighted by atomic mass is 35.5. The molecule has 2 rings (SSSR count). The summed E-state index contributed by atoms with van der Waals surface area (Å²) in [5.74, 6) is 6.15. The maximum absolute atomic E-state index is 13.6. The molecule has 0 amide bonds. The third-order valence-corrected chi connectivity index (χ3v) is 3.26. The molecule has 2 aromatic rings. The summed E-state index contributed by atoms with van der Waals surface area (Å²) >= 11 is 5.87. The summed E-state index contributed by atoms with van der Waals surface area (Å²) in [5.41, 5.74) is 3.27. The Bertz CT molecular complexity index is 516. The van der Waals surface area contributed by atoms with Crippen LogP contribution in [0.3, 0.4) is 0 Å². The van der Waals surface area contributed by atoms with Crippen LogP contribution in [0.1, 0.15) is 17.7 Å². The van der Waals surface area contributed by atoms with Crippen molar-refractivity contribution in [3.8, 4) is 0 Å². The van der Waals surface area contributed by atoms with E-state index in [0.29, 0.717) is 17.0 Å². The van der Waals surface area contributed by atoms with Gasteiger partial charge in [0.25, 0.3) is 0 Å². The zero-order valence-corrected chi connectivity index (χ0v) is 11.2. The number of nitrogens with one attached hydrogen (secondary N) is 1. The first-order valence-corrected chi connectivity index (χ1v) is 6.49. The maximum Gasteiger partial charge on any atom is 0.126 e. The number of hydrogen-bond donors (Lipinski definition) is 2. The Morgan fingerprint density at radius 3 is 2.89 bits per heavy atom. The Morgan fingerprint density at radius 1 is 1.37 bits per heavy atom. The highest BCUT2D eigenvalue weighted by molar-refractivity contribution is 6.30. The van der Waals surface area contributed by atoms with Crippen LogP contribution in [-0.4, -0.2) is 6.04 Å². The van der Waals surface area contributed by atoms with Crippen LogP contribution >= 0.6 is 11.6 Å². The van der Waals surface area contributed by atoms with Gasteiger partial charge in [-0.25, -0.2) is 4.39 Å². The van der Waals surface area contributed by atoms with E-state index in [2.05, 4.69) is 5.43 Å². The molecule has 19 heavy (non-hydrogen) atoms. The average Bonchev–Trinajstić information content (AvgIpc) is 2.91. The molecule has 0 fully saturated rings. The monoisotopic (exact) mass is 282 g/mol. The van der Waals surface area contributed by atoms with Gasteiger partial charge in [0.1, 0.15) is 11.6 Å². The predicted molar refractivity (Wildman–Crippen MR) is 73.3 cm³/mol. The molecule has 5 heteroatoms. The number of benzene rings is 1. The molecule has 0 aliphatic heterocycles. The van der Waals surface area contributed by atoms with Gasteiger partial charge in [0.05, 0.1) is 6.26 Å². The van der Waals surface area contributed by atoms with Crippen LogP contribution in [0.25, 0.3) is 0 Å². The smallest absolute Gasteiger partial charge is 0.126 e. The van der Waals surface area contributed by atoms with Gasteiger partial charge in [-0.15, -0.1) is 0 Å². The van der Waals surface area contributed by atoms with Crippen molar-refractivity contribution in [1.82, 2.24) is 5.43 Å². The summed E-state index contributed by atoms with van der Waals surface area (Å²) in [5, 5.41) is 0.526. The van der Waals surface area contributed by atoms with Gasteiger partial charge < -0.3 is 4.42 Å². The molecule has 0 saturated heterocycles. The fourth-order valence-corrected chi connectivity index (χ4v) is 2.18. The van der Waals surface area contributed by atoms with Crippen LogP contribution in [0.5, 0.6) is 0 Å². The lowest BCUT2D eigenvalue weighted by Crippen LogP contribution is -2.37. The van der Waals surface area contributed by atoms with E-state index in [9.17, 15) is 4.39 Å². The van der Waals surface area contributed by atoms with E-state index < -0.39 is 0 Å². The number of nitrogens with two attached hydrogens (primary N) is 1. The van der Waals surface area contributed by atoms with Gasteiger partial charge in [-0.2, -0.15) is 0 Å². The van der Waals surface area contributed by atoms with Crippen LogP contribution in [-0.2, 0) is 12.8 Å². The lowest BCUT2D eigenvalue weighted by atomic mass is 10.0. The molecule has 3 nitrogen and oxygen atoms in total. The van der Waals surface area contributed by atoms with Crippen molar-refractivity contribution in [3.63, 3.8) is 0 Å². The van der Waals surface area contributed by atoms with E-state index in [0.717, 1.165) is 18.6 Å². The van der Waals surface area contributed by atoms with Crippen LogP contribution < -0.4 is 11.3 Å². The molecule has 102 valence electrons. The first-order valence-electron chi connectivity index (χ1n) is 6.11. The number of furan rings is 1. The molecule has 0 aliphatic carbocycles. The van der Waals surface area contributed by atoms with Crippen LogP contribution in [0.4, 0.5) is 4.39 Å². The van der Waals surface area contributed by atoms with Crippen molar-refractivity contribution in [2.75, 3.05) is 0 Å². The summed E-state index contributed by atoms with van der Waals surface area (Å²) in [6.45, 7) is 0. The van der Waals surface area contributed by atoms with Gasteiger partial charge in [0, 0.05) is 17.5 Å². The summed E-state index contributed by atoms with van der Waals surface area (Å²) in [6.07, 6.45) is 3.64. The Balaban J connectivity index is 1.96. The van der Waals surface area contributed by atoms with E-state index >= 15 is 0 Å². The second kappa shape index (κ2) is 6.70. The van der Waals surface area contributed by atoms with E-state index in [1.807, 2.05) is 12.1 Å². The molecule has 0 aliphatic rings. The summed E-state index contributed by atoms with van der Waals surface area (Å²) in [6, 6.07) is 8.27. The SMILES string of the molecule is NNC(CCc1ccco1)Cc1cc(Cl)ccc1F. The summed E-state index contributed by atoms with van der Waals surface area (Å²) in [4.78, 5) is 0. The topological polar surface area (TPSA) is 51.2 Å². The molecule has 1 aromatic carbocycles. The third-order valence-electron chi connectivity index (χ3n) is 3.03.